The van der Waals surface area contributed by atoms with Crippen LogP contribution in [0.15, 0.2) is 30.6 Å². The second kappa shape index (κ2) is 6.84. The molecule has 0 fully saturated rings. The molecular formula is C12H14Cl2N4S. The Morgan fingerprint density at radius 2 is 2.05 bits per heavy atom. The number of benzene rings is 1. The number of hydrogen-bond donors (Lipinski definition) is 2. The quantitative estimate of drug-likeness (QED) is 0.673. The Morgan fingerprint density at radius 3 is 2.63 bits per heavy atom. The third kappa shape index (κ3) is 3.89. The van der Waals surface area contributed by atoms with Crippen molar-refractivity contribution >= 4 is 40.9 Å². The van der Waals surface area contributed by atoms with E-state index in [0.717, 1.165) is 11.4 Å². The van der Waals surface area contributed by atoms with Crippen molar-refractivity contribution in [2.24, 2.45) is 5.73 Å². The maximum absolute atomic E-state index is 7.24. The molecule has 3 N–H and O–H groups in total. The molecule has 0 saturated carbocycles. The van der Waals surface area contributed by atoms with Gasteiger partial charge in [0.1, 0.15) is 6.33 Å². The average Bonchev–Trinajstić information content (AvgIpc) is 2.69. The third-order valence-electron chi connectivity index (χ3n) is 2.49. The first-order valence-corrected chi connectivity index (χ1v) is 6.70. The lowest BCUT2D eigenvalue weighted by atomic mass is 10.2. The Bertz CT molecular complexity index is 566. The number of rotatable bonds is 3. The normalized spacial score (nSPS) is 10.0. The van der Waals surface area contributed by atoms with Gasteiger partial charge >= 0.3 is 0 Å². The first kappa shape index (κ1) is 15.9. The summed E-state index contributed by atoms with van der Waals surface area (Å²) < 4.78 is 1.91. The van der Waals surface area contributed by atoms with Gasteiger partial charge in [0, 0.05) is 11.4 Å². The highest BCUT2D eigenvalue weighted by atomic mass is 35.5. The van der Waals surface area contributed by atoms with Gasteiger partial charge < -0.3 is 10.3 Å². The van der Waals surface area contributed by atoms with Crippen molar-refractivity contribution in [1.29, 1.82) is 5.41 Å². The van der Waals surface area contributed by atoms with Gasteiger partial charge in [0.15, 0.2) is 10.3 Å². The van der Waals surface area contributed by atoms with E-state index in [4.69, 9.17) is 22.7 Å². The molecule has 0 aliphatic rings. The lowest BCUT2D eigenvalue weighted by Crippen LogP contribution is -2.06. The van der Waals surface area contributed by atoms with Gasteiger partial charge in [-0.25, -0.2) is 4.98 Å². The lowest BCUT2D eigenvalue weighted by molar-refractivity contribution is 0.994. The summed E-state index contributed by atoms with van der Waals surface area (Å²) in [5, 5.41) is 7.76. The van der Waals surface area contributed by atoms with Crippen molar-refractivity contribution < 1.29 is 0 Å². The van der Waals surface area contributed by atoms with Crippen LogP contribution < -0.4 is 5.73 Å². The molecule has 1 aromatic carbocycles. The summed E-state index contributed by atoms with van der Waals surface area (Å²) in [4.78, 5) is 4.10. The largest absolute Gasteiger partial charge is 0.379 e. The molecule has 1 aromatic heterocycles. The van der Waals surface area contributed by atoms with E-state index in [2.05, 4.69) is 4.98 Å². The number of thioether (sulfide) groups is 1. The lowest BCUT2D eigenvalue weighted by Gasteiger charge is -2.08. The fourth-order valence-electron chi connectivity index (χ4n) is 1.56. The van der Waals surface area contributed by atoms with Crippen LogP contribution in [0.1, 0.15) is 11.3 Å². The van der Waals surface area contributed by atoms with Crippen molar-refractivity contribution in [3.8, 4) is 5.69 Å². The molecule has 0 saturated heterocycles. The van der Waals surface area contributed by atoms with Crippen LogP contribution in [0.3, 0.4) is 0 Å². The Hall–Kier alpha value is -1.17. The van der Waals surface area contributed by atoms with Gasteiger partial charge in [0.05, 0.1) is 5.69 Å². The fraction of sp³-hybridized carbons (Fsp3) is 0.167. The van der Waals surface area contributed by atoms with Gasteiger partial charge in [0.25, 0.3) is 0 Å². The number of imidazole rings is 1. The van der Waals surface area contributed by atoms with E-state index in [0.29, 0.717) is 10.9 Å². The highest BCUT2D eigenvalue weighted by molar-refractivity contribution is 8.13. The van der Waals surface area contributed by atoms with Crippen LogP contribution in [0, 0.1) is 12.3 Å². The number of halogens is 2. The minimum Gasteiger partial charge on any atom is -0.379 e. The summed E-state index contributed by atoms with van der Waals surface area (Å²) in [5.74, 6) is 0.530. The first-order valence-electron chi connectivity index (χ1n) is 5.33. The highest BCUT2D eigenvalue weighted by Crippen LogP contribution is 2.23. The molecular weight excluding hydrogens is 303 g/mol. The van der Waals surface area contributed by atoms with Crippen LogP contribution in [0.5, 0.6) is 0 Å². The van der Waals surface area contributed by atoms with Crippen LogP contribution in [-0.2, 0) is 5.75 Å². The number of amidine groups is 1. The molecule has 4 nitrogen and oxygen atoms in total. The molecule has 7 heteroatoms. The Morgan fingerprint density at radius 1 is 1.42 bits per heavy atom. The Labute approximate surface area is 127 Å². The summed E-state index contributed by atoms with van der Waals surface area (Å²) >= 11 is 7.28. The molecule has 0 bridgehead atoms. The minimum absolute atomic E-state index is 0. The molecule has 0 unspecified atom stereocenters. The van der Waals surface area contributed by atoms with E-state index in [1.165, 1.54) is 17.3 Å². The maximum atomic E-state index is 7.24. The van der Waals surface area contributed by atoms with Gasteiger partial charge in [-0.2, -0.15) is 0 Å². The van der Waals surface area contributed by atoms with Crippen molar-refractivity contribution in [3.05, 3.63) is 47.0 Å². The van der Waals surface area contributed by atoms with E-state index < -0.39 is 0 Å². The smallest absolute Gasteiger partial charge is 0.151 e. The minimum atomic E-state index is 0. The predicted molar refractivity (Wildman–Crippen MR) is 83.8 cm³/mol. The summed E-state index contributed by atoms with van der Waals surface area (Å²) in [6.07, 6.45) is 1.68. The van der Waals surface area contributed by atoms with Gasteiger partial charge in [-0.1, -0.05) is 41.1 Å². The molecule has 0 amide bonds. The molecule has 0 radical (unpaired) electrons. The number of aryl methyl sites for hydroxylation is 1. The number of hydrogen-bond acceptors (Lipinski definition) is 3. The summed E-state index contributed by atoms with van der Waals surface area (Å²) in [5.41, 5.74) is 8.39. The van der Waals surface area contributed by atoms with E-state index >= 15 is 0 Å². The van der Waals surface area contributed by atoms with Crippen molar-refractivity contribution in [3.63, 3.8) is 0 Å². The van der Waals surface area contributed by atoms with Crippen molar-refractivity contribution in [2.45, 2.75) is 12.7 Å². The Balaban J connectivity index is 0.00000180. The average molecular weight is 317 g/mol. The van der Waals surface area contributed by atoms with E-state index in [-0.39, 0.29) is 17.6 Å². The van der Waals surface area contributed by atoms with E-state index in [1.54, 1.807) is 6.33 Å². The molecule has 102 valence electrons. The zero-order valence-corrected chi connectivity index (χ0v) is 12.6. The molecule has 0 aliphatic carbocycles. The fourth-order valence-corrected chi connectivity index (χ4v) is 2.40. The van der Waals surface area contributed by atoms with Crippen LogP contribution in [0.2, 0.25) is 5.15 Å². The maximum Gasteiger partial charge on any atom is 0.151 e. The summed E-state index contributed by atoms with van der Waals surface area (Å²) in [6, 6.07) is 8.08. The van der Waals surface area contributed by atoms with Crippen LogP contribution in [0.25, 0.3) is 5.69 Å². The zero-order valence-electron chi connectivity index (χ0n) is 10.3. The topological polar surface area (TPSA) is 67.7 Å². The predicted octanol–water partition coefficient (Wildman–Crippen LogP) is 3.38. The highest BCUT2D eigenvalue weighted by Gasteiger charge is 2.11. The van der Waals surface area contributed by atoms with Gasteiger partial charge in [0.2, 0.25) is 0 Å². The van der Waals surface area contributed by atoms with Gasteiger partial charge in [-0.05, 0) is 19.1 Å². The van der Waals surface area contributed by atoms with E-state index in [9.17, 15) is 0 Å². The van der Waals surface area contributed by atoms with Crippen molar-refractivity contribution in [2.75, 3.05) is 0 Å². The van der Waals surface area contributed by atoms with E-state index in [1.807, 2.05) is 35.8 Å². The standard InChI is InChI=1S/C12H13ClN4S.ClH/c1-8-2-4-9(5-3-8)17-7-16-11(13)10(17)6-18-12(14)15;/h2-5,7H,6H2,1H3,(H3,14,15);1H. The second-order valence-electron chi connectivity index (χ2n) is 3.84. The molecule has 0 spiro atoms. The number of aromatic nitrogens is 2. The third-order valence-corrected chi connectivity index (χ3v) is 3.54. The molecule has 2 rings (SSSR count). The number of nitrogens with two attached hydrogens (primary N) is 1. The molecule has 0 atom stereocenters. The van der Waals surface area contributed by atoms with Crippen LogP contribution >= 0.6 is 35.8 Å². The summed E-state index contributed by atoms with van der Waals surface area (Å²) in [6.45, 7) is 2.04. The molecule has 0 aliphatic heterocycles. The zero-order chi connectivity index (χ0) is 13.1. The molecule has 1 heterocycles. The van der Waals surface area contributed by atoms with Gasteiger partial charge in [-0.15, -0.1) is 12.4 Å². The van der Waals surface area contributed by atoms with Gasteiger partial charge in [-0.3, -0.25) is 5.41 Å². The molecule has 2 aromatic rings. The number of nitrogens with zero attached hydrogens (tertiary/aromatic N) is 2. The summed E-state index contributed by atoms with van der Waals surface area (Å²) in [7, 11) is 0. The Kier molecular flexibility index (Phi) is 5.72. The molecule has 19 heavy (non-hydrogen) atoms. The second-order valence-corrected chi connectivity index (χ2v) is 5.22. The van der Waals surface area contributed by atoms with Crippen molar-refractivity contribution in [1.82, 2.24) is 9.55 Å². The monoisotopic (exact) mass is 316 g/mol. The first-order chi connectivity index (χ1) is 8.58. The SMILES string of the molecule is Cc1ccc(-n2cnc(Cl)c2CSC(=N)N)cc1.Cl. The van der Waals surface area contributed by atoms with Crippen LogP contribution in [-0.4, -0.2) is 14.7 Å². The van der Waals surface area contributed by atoms with Crippen LogP contribution in [0.4, 0.5) is 0 Å². The number of nitrogens with one attached hydrogen (secondary N) is 1.